The Balaban J connectivity index is 1.51. The Labute approximate surface area is 104 Å². The van der Waals surface area contributed by atoms with Crippen molar-refractivity contribution in [2.24, 2.45) is 23.7 Å². The van der Waals surface area contributed by atoms with Crippen LogP contribution in [0.5, 0.6) is 0 Å². The quantitative estimate of drug-likeness (QED) is 0.607. The average molecular weight is 247 g/mol. The first-order valence-electron chi connectivity index (χ1n) is 6.15. The number of non-ortho nitro benzene ring substituents is 1. The highest BCUT2D eigenvalue weighted by molar-refractivity contribution is 8.00. The molecule has 3 nitrogen and oxygen atoms in total. The van der Waals surface area contributed by atoms with E-state index >= 15 is 0 Å². The predicted molar refractivity (Wildman–Crippen MR) is 65.9 cm³/mol. The number of nitrogens with zero attached hydrogens (tertiary/aromatic N) is 1. The van der Waals surface area contributed by atoms with Crippen molar-refractivity contribution in [1.29, 1.82) is 0 Å². The Kier molecular flexibility index (Phi) is 1.90. The normalized spacial score (nSPS) is 40.6. The van der Waals surface area contributed by atoms with Crippen molar-refractivity contribution in [3.8, 4) is 0 Å². The van der Waals surface area contributed by atoms with Gasteiger partial charge in [-0.25, -0.2) is 0 Å². The van der Waals surface area contributed by atoms with Gasteiger partial charge in [0.1, 0.15) is 0 Å². The summed E-state index contributed by atoms with van der Waals surface area (Å²) in [6, 6.07) is 7.03. The molecule has 0 aromatic heterocycles. The van der Waals surface area contributed by atoms with E-state index in [4.69, 9.17) is 0 Å². The molecule has 0 N–H and O–H groups in total. The number of nitro benzene ring substituents is 1. The van der Waals surface area contributed by atoms with Crippen molar-refractivity contribution in [3.63, 3.8) is 0 Å². The number of hydrogen-bond acceptors (Lipinski definition) is 3. The van der Waals surface area contributed by atoms with E-state index in [0.717, 1.165) is 28.9 Å². The molecule has 4 heteroatoms. The molecule has 0 spiro atoms. The minimum atomic E-state index is -0.335. The molecular weight excluding hydrogens is 234 g/mol. The van der Waals surface area contributed by atoms with Crippen LogP contribution in [0, 0.1) is 33.8 Å². The van der Waals surface area contributed by atoms with Gasteiger partial charge in [0.05, 0.1) is 4.92 Å². The van der Waals surface area contributed by atoms with E-state index < -0.39 is 0 Å². The first-order chi connectivity index (χ1) is 8.24. The second-order valence-corrected chi connectivity index (χ2v) is 6.72. The fourth-order valence-corrected chi connectivity index (χ4v) is 5.56. The molecule has 0 heterocycles. The van der Waals surface area contributed by atoms with Crippen LogP contribution in [0.1, 0.15) is 12.8 Å². The van der Waals surface area contributed by atoms with Crippen molar-refractivity contribution < 1.29 is 4.92 Å². The molecule has 4 aliphatic carbocycles. The standard InChI is InChI=1S/C13H13NO2S/c15-14(16)8-1-3-9(4-2-8)17-13-7-5-10-11(6-7)12(10)13/h1-4,7,10-13H,5-6H2. The van der Waals surface area contributed by atoms with Crippen LogP contribution in [-0.2, 0) is 0 Å². The lowest BCUT2D eigenvalue weighted by molar-refractivity contribution is -0.384. The molecule has 0 aliphatic heterocycles. The lowest BCUT2D eigenvalue weighted by Gasteiger charge is -2.13. The first-order valence-corrected chi connectivity index (χ1v) is 7.03. The third kappa shape index (κ3) is 1.36. The molecule has 3 unspecified atom stereocenters. The van der Waals surface area contributed by atoms with E-state index in [-0.39, 0.29) is 10.6 Å². The fourth-order valence-electron chi connectivity index (χ4n) is 3.98. The van der Waals surface area contributed by atoms with Crippen LogP contribution in [0.2, 0.25) is 0 Å². The summed E-state index contributed by atoms with van der Waals surface area (Å²) in [7, 11) is 0. The Hall–Kier alpha value is -1.03. The SMILES string of the molecule is O=[N+]([O-])c1ccc(SC2C3CC4C(C3)C42)cc1. The Morgan fingerprint density at radius 1 is 1.18 bits per heavy atom. The molecule has 0 saturated heterocycles. The zero-order chi connectivity index (χ0) is 11.6. The Bertz CT molecular complexity index is 473. The Morgan fingerprint density at radius 3 is 2.29 bits per heavy atom. The van der Waals surface area contributed by atoms with Gasteiger partial charge in [-0.3, -0.25) is 10.1 Å². The molecule has 17 heavy (non-hydrogen) atoms. The summed E-state index contributed by atoms with van der Waals surface area (Å²) in [4.78, 5) is 11.4. The zero-order valence-corrected chi connectivity index (χ0v) is 10.1. The molecule has 3 atom stereocenters. The van der Waals surface area contributed by atoms with Crippen LogP contribution in [0.4, 0.5) is 5.69 Å². The van der Waals surface area contributed by atoms with Gasteiger partial charge in [-0.05, 0) is 48.6 Å². The van der Waals surface area contributed by atoms with Gasteiger partial charge in [0.2, 0.25) is 0 Å². The number of rotatable bonds is 3. The molecule has 4 fully saturated rings. The molecule has 4 bridgehead atoms. The molecule has 4 aliphatic rings. The average Bonchev–Trinajstić information content (AvgIpc) is 2.71. The largest absolute Gasteiger partial charge is 0.269 e. The summed E-state index contributed by atoms with van der Waals surface area (Å²) >= 11 is 1.95. The minimum absolute atomic E-state index is 0.189. The number of benzene rings is 1. The van der Waals surface area contributed by atoms with Crippen LogP contribution >= 0.6 is 11.8 Å². The van der Waals surface area contributed by atoms with Gasteiger partial charge in [0.25, 0.3) is 5.69 Å². The van der Waals surface area contributed by atoms with E-state index in [9.17, 15) is 10.1 Å². The van der Waals surface area contributed by atoms with Crippen molar-refractivity contribution >= 4 is 17.4 Å². The van der Waals surface area contributed by atoms with Crippen LogP contribution in [0.15, 0.2) is 29.2 Å². The lowest BCUT2D eigenvalue weighted by Crippen LogP contribution is -2.06. The Morgan fingerprint density at radius 2 is 1.82 bits per heavy atom. The van der Waals surface area contributed by atoms with Gasteiger partial charge < -0.3 is 0 Å². The highest BCUT2D eigenvalue weighted by atomic mass is 32.2. The van der Waals surface area contributed by atoms with Crippen LogP contribution in [-0.4, -0.2) is 10.2 Å². The zero-order valence-electron chi connectivity index (χ0n) is 9.28. The predicted octanol–water partition coefficient (Wildman–Crippen LogP) is 3.34. The summed E-state index contributed by atoms with van der Waals surface area (Å²) in [6.45, 7) is 0. The van der Waals surface area contributed by atoms with Gasteiger partial charge in [-0.2, -0.15) is 0 Å². The van der Waals surface area contributed by atoms with E-state index in [1.807, 2.05) is 23.9 Å². The molecule has 5 rings (SSSR count). The molecule has 1 aromatic carbocycles. The summed E-state index contributed by atoms with van der Waals surface area (Å²) in [5.74, 6) is 3.97. The van der Waals surface area contributed by atoms with E-state index in [0.29, 0.717) is 0 Å². The highest BCUT2D eigenvalue weighted by Gasteiger charge is 2.68. The van der Waals surface area contributed by atoms with Gasteiger partial charge >= 0.3 is 0 Å². The number of hydrogen-bond donors (Lipinski definition) is 0. The molecule has 4 saturated carbocycles. The maximum absolute atomic E-state index is 10.6. The molecule has 0 radical (unpaired) electrons. The minimum Gasteiger partial charge on any atom is -0.258 e. The van der Waals surface area contributed by atoms with Crippen LogP contribution < -0.4 is 0 Å². The molecule has 1 aromatic rings. The van der Waals surface area contributed by atoms with Crippen LogP contribution in [0.25, 0.3) is 0 Å². The van der Waals surface area contributed by atoms with Gasteiger partial charge in [0, 0.05) is 22.3 Å². The molecule has 0 amide bonds. The summed E-state index contributed by atoms with van der Waals surface area (Å²) < 4.78 is 0. The van der Waals surface area contributed by atoms with E-state index in [1.165, 1.54) is 17.7 Å². The lowest BCUT2D eigenvalue weighted by atomic mass is 10.1. The molecular formula is C13H13NO2S. The third-order valence-corrected chi connectivity index (χ3v) is 6.23. The van der Waals surface area contributed by atoms with Crippen molar-refractivity contribution in [3.05, 3.63) is 34.4 Å². The number of nitro groups is 1. The highest BCUT2D eigenvalue weighted by Crippen LogP contribution is 2.73. The second kappa shape index (κ2) is 3.25. The van der Waals surface area contributed by atoms with E-state index in [2.05, 4.69) is 0 Å². The summed E-state index contributed by atoms with van der Waals surface area (Å²) in [5, 5.41) is 11.4. The smallest absolute Gasteiger partial charge is 0.258 e. The fraction of sp³-hybridized carbons (Fsp3) is 0.538. The maximum Gasteiger partial charge on any atom is 0.269 e. The van der Waals surface area contributed by atoms with Crippen LogP contribution in [0.3, 0.4) is 0 Å². The first kappa shape index (κ1) is 9.95. The van der Waals surface area contributed by atoms with Crippen molar-refractivity contribution in [2.45, 2.75) is 23.0 Å². The van der Waals surface area contributed by atoms with Crippen molar-refractivity contribution in [1.82, 2.24) is 0 Å². The van der Waals surface area contributed by atoms with Gasteiger partial charge in [0.15, 0.2) is 0 Å². The summed E-state index contributed by atoms with van der Waals surface area (Å²) in [6.07, 6.45) is 2.89. The maximum atomic E-state index is 10.6. The third-order valence-electron chi connectivity index (χ3n) is 4.71. The second-order valence-electron chi connectivity index (χ2n) is 5.47. The number of thioether (sulfide) groups is 1. The monoisotopic (exact) mass is 247 g/mol. The topological polar surface area (TPSA) is 43.1 Å². The van der Waals surface area contributed by atoms with Gasteiger partial charge in [-0.1, -0.05) is 0 Å². The van der Waals surface area contributed by atoms with Crippen molar-refractivity contribution in [2.75, 3.05) is 0 Å². The molecule has 88 valence electrons. The summed E-state index contributed by atoms with van der Waals surface area (Å²) in [5.41, 5.74) is 0.189. The van der Waals surface area contributed by atoms with E-state index in [1.54, 1.807) is 12.1 Å². The van der Waals surface area contributed by atoms with Gasteiger partial charge in [-0.15, -0.1) is 11.8 Å².